The summed E-state index contributed by atoms with van der Waals surface area (Å²) in [6, 6.07) is 7.85. The SMILES string of the molecule is Cc1ccc(C(=O)O)c(N(Cc2ccc(Br)cc2)C(=O)C(F)(F)F)c1[N+](=O)[O-]. The Hall–Kier alpha value is -2.95. The van der Waals surface area contributed by atoms with E-state index in [0.29, 0.717) is 4.47 Å². The Balaban J connectivity index is 2.77. The molecule has 1 amide bonds. The number of hydrogen-bond donors (Lipinski definition) is 1. The van der Waals surface area contributed by atoms with Gasteiger partial charge in [0.2, 0.25) is 0 Å². The summed E-state index contributed by atoms with van der Waals surface area (Å²) in [4.78, 5) is 34.2. The summed E-state index contributed by atoms with van der Waals surface area (Å²) in [5.74, 6) is -4.11. The fourth-order valence-electron chi connectivity index (χ4n) is 2.53. The van der Waals surface area contributed by atoms with Gasteiger partial charge in [-0.15, -0.1) is 0 Å². The highest BCUT2D eigenvalue weighted by atomic mass is 79.9. The second-order valence-electron chi connectivity index (χ2n) is 5.71. The van der Waals surface area contributed by atoms with Crippen LogP contribution in [0, 0.1) is 17.0 Å². The molecule has 0 unspecified atom stereocenters. The number of carboxylic acids is 1. The normalized spacial score (nSPS) is 11.2. The number of anilines is 1. The van der Waals surface area contributed by atoms with Gasteiger partial charge in [0.15, 0.2) is 0 Å². The molecule has 7 nitrogen and oxygen atoms in total. The van der Waals surface area contributed by atoms with Gasteiger partial charge in [-0.25, -0.2) is 4.79 Å². The summed E-state index contributed by atoms with van der Waals surface area (Å²) in [6.45, 7) is 0.527. The topological polar surface area (TPSA) is 101 Å². The van der Waals surface area contributed by atoms with E-state index in [4.69, 9.17) is 0 Å². The molecule has 0 aliphatic rings. The molecule has 2 rings (SSSR count). The van der Waals surface area contributed by atoms with Crippen LogP contribution in [0.25, 0.3) is 0 Å². The molecule has 0 heterocycles. The lowest BCUT2D eigenvalue weighted by Gasteiger charge is -2.25. The first kappa shape index (κ1) is 21.4. The van der Waals surface area contributed by atoms with Crippen LogP contribution in [0.3, 0.4) is 0 Å². The van der Waals surface area contributed by atoms with E-state index >= 15 is 0 Å². The number of nitro benzene ring substituents is 1. The average Bonchev–Trinajstić information content (AvgIpc) is 2.59. The lowest BCUT2D eigenvalue weighted by Crippen LogP contribution is -2.42. The first-order valence-corrected chi connectivity index (χ1v) is 8.37. The molecule has 0 aliphatic carbocycles. The Labute approximate surface area is 164 Å². The number of alkyl halides is 3. The molecule has 0 atom stereocenters. The van der Waals surface area contributed by atoms with E-state index in [9.17, 15) is 38.0 Å². The quantitative estimate of drug-likeness (QED) is 0.524. The minimum absolute atomic E-state index is 0.0812. The number of carbonyl (C=O) groups excluding carboxylic acids is 1. The monoisotopic (exact) mass is 460 g/mol. The maximum absolute atomic E-state index is 13.2. The van der Waals surface area contributed by atoms with E-state index in [1.807, 2.05) is 0 Å². The van der Waals surface area contributed by atoms with Crippen LogP contribution in [-0.2, 0) is 11.3 Å². The van der Waals surface area contributed by atoms with Crippen LogP contribution in [0.4, 0.5) is 24.5 Å². The minimum atomic E-state index is -5.37. The van der Waals surface area contributed by atoms with Gasteiger partial charge in [0.25, 0.3) is 5.69 Å². The van der Waals surface area contributed by atoms with Crippen molar-refractivity contribution < 1.29 is 32.8 Å². The zero-order valence-electron chi connectivity index (χ0n) is 14.2. The van der Waals surface area contributed by atoms with E-state index in [-0.39, 0.29) is 16.0 Å². The third-order valence-corrected chi connectivity index (χ3v) is 4.31. The number of benzene rings is 2. The Bertz CT molecular complexity index is 945. The lowest BCUT2D eigenvalue weighted by molar-refractivity contribution is -0.384. The maximum Gasteiger partial charge on any atom is 0.471 e. The Morgan fingerprint density at radius 2 is 1.75 bits per heavy atom. The number of rotatable bonds is 5. The predicted octanol–water partition coefficient (Wildman–Crippen LogP) is 4.46. The highest BCUT2D eigenvalue weighted by Gasteiger charge is 2.46. The first-order chi connectivity index (χ1) is 12.9. The van der Waals surface area contributed by atoms with Crippen LogP contribution >= 0.6 is 15.9 Å². The molecule has 11 heteroatoms. The standard InChI is InChI=1S/C17H12BrF3N2O5/c1-9-2-7-12(15(24)25)14(13(9)23(27)28)22(16(26)17(19,20)21)8-10-3-5-11(18)6-4-10/h2-7H,8H2,1H3,(H,24,25). The molecule has 0 fully saturated rings. The number of nitro groups is 1. The van der Waals surface area contributed by atoms with Gasteiger partial charge in [0.05, 0.1) is 17.0 Å². The molecule has 0 saturated carbocycles. The van der Waals surface area contributed by atoms with Crippen LogP contribution in [-0.4, -0.2) is 28.1 Å². The number of carboxylic acid groups (broad SMARTS) is 1. The van der Waals surface area contributed by atoms with Crippen molar-refractivity contribution in [3.63, 3.8) is 0 Å². The maximum atomic E-state index is 13.2. The van der Waals surface area contributed by atoms with Crippen molar-refractivity contribution in [2.75, 3.05) is 4.90 Å². The number of hydrogen-bond acceptors (Lipinski definition) is 4. The van der Waals surface area contributed by atoms with Crippen molar-refractivity contribution in [1.29, 1.82) is 0 Å². The van der Waals surface area contributed by atoms with Gasteiger partial charge in [-0.1, -0.05) is 34.1 Å². The van der Waals surface area contributed by atoms with Gasteiger partial charge < -0.3 is 5.11 Å². The zero-order valence-corrected chi connectivity index (χ0v) is 15.7. The lowest BCUT2D eigenvalue weighted by atomic mass is 10.0. The molecule has 0 saturated heterocycles. The van der Waals surface area contributed by atoms with Crippen LogP contribution < -0.4 is 4.90 Å². The van der Waals surface area contributed by atoms with Crippen LogP contribution in [0.1, 0.15) is 21.5 Å². The van der Waals surface area contributed by atoms with E-state index in [1.54, 1.807) is 0 Å². The Morgan fingerprint density at radius 1 is 1.18 bits per heavy atom. The summed E-state index contributed by atoms with van der Waals surface area (Å²) in [7, 11) is 0. The number of aryl methyl sites for hydroxylation is 1. The number of carbonyl (C=O) groups is 2. The summed E-state index contributed by atoms with van der Waals surface area (Å²) in [5, 5.41) is 20.8. The van der Waals surface area contributed by atoms with Crippen molar-refractivity contribution in [1.82, 2.24) is 0 Å². The van der Waals surface area contributed by atoms with Crippen LogP contribution in [0.2, 0.25) is 0 Å². The zero-order chi connectivity index (χ0) is 21.2. The van der Waals surface area contributed by atoms with Crippen molar-refractivity contribution >= 4 is 39.2 Å². The van der Waals surface area contributed by atoms with Gasteiger partial charge in [-0.2, -0.15) is 13.2 Å². The van der Waals surface area contributed by atoms with Gasteiger partial charge in [0, 0.05) is 10.0 Å². The summed E-state index contributed by atoms with van der Waals surface area (Å²) >= 11 is 3.16. The molecule has 2 aromatic carbocycles. The van der Waals surface area contributed by atoms with Crippen molar-refractivity contribution in [3.8, 4) is 0 Å². The molecule has 0 aromatic heterocycles. The van der Waals surface area contributed by atoms with Gasteiger partial charge in [0.1, 0.15) is 5.69 Å². The van der Waals surface area contributed by atoms with E-state index < -0.39 is 46.5 Å². The van der Waals surface area contributed by atoms with Gasteiger partial charge in [-0.3, -0.25) is 19.8 Å². The molecular formula is C17H12BrF3N2O5. The third kappa shape index (κ3) is 4.47. The number of nitrogens with zero attached hydrogens (tertiary/aromatic N) is 2. The molecule has 2 aromatic rings. The molecule has 28 heavy (non-hydrogen) atoms. The van der Waals surface area contributed by atoms with E-state index in [0.717, 1.165) is 12.1 Å². The Morgan fingerprint density at radius 3 is 2.21 bits per heavy atom. The molecule has 0 radical (unpaired) electrons. The highest BCUT2D eigenvalue weighted by molar-refractivity contribution is 9.10. The largest absolute Gasteiger partial charge is 0.478 e. The molecule has 148 valence electrons. The fourth-order valence-corrected chi connectivity index (χ4v) is 2.80. The predicted molar refractivity (Wildman–Crippen MR) is 96.2 cm³/mol. The molecule has 0 aliphatic heterocycles. The fraction of sp³-hybridized carbons (Fsp3) is 0.176. The molecule has 0 spiro atoms. The number of aromatic carboxylic acids is 1. The molecule has 0 bridgehead atoms. The first-order valence-electron chi connectivity index (χ1n) is 7.58. The number of halogens is 4. The van der Waals surface area contributed by atoms with Crippen LogP contribution in [0.5, 0.6) is 0 Å². The minimum Gasteiger partial charge on any atom is -0.478 e. The van der Waals surface area contributed by atoms with Crippen molar-refractivity contribution in [2.45, 2.75) is 19.6 Å². The van der Waals surface area contributed by atoms with Crippen molar-refractivity contribution in [2.24, 2.45) is 0 Å². The summed E-state index contributed by atoms with van der Waals surface area (Å²) < 4.78 is 40.2. The average molecular weight is 461 g/mol. The smallest absolute Gasteiger partial charge is 0.471 e. The Kier molecular flexibility index (Phi) is 6.07. The number of amides is 1. The van der Waals surface area contributed by atoms with Crippen LogP contribution in [0.15, 0.2) is 40.9 Å². The van der Waals surface area contributed by atoms with E-state index in [1.165, 1.54) is 31.2 Å². The van der Waals surface area contributed by atoms with E-state index in [2.05, 4.69) is 15.9 Å². The van der Waals surface area contributed by atoms with Crippen molar-refractivity contribution in [3.05, 3.63) is 67.7 Å². The molecular weight excluding hydrogens is 449 g/mol. The second kappa shape index (κ2) is 7.97. The summed E-state index contributed by atoms with van der Waals surface area (Å²) in [5.41, 5.74) is -2.45. The van der Waals surface area contributed by atoms with Gasteiger partial charge >= 0.3 is 18.1 Å². The molecule has 1 N–H and O–H groups in total. The highest BCUT2D eigenvalue weighted by Crippen LogP contribution is 2.38. The van der Waals surface area contributed by atoms with Gasteiger partial charge in [-0.05, 0) is 30.7 Å². The third-order valence-electron chi connectivity index (χ3n) is 3.78. The summed E-state index contributed by atoms with van der Waals surface area (Å²) in [6.07, 6.45) is -5.37. The second-order valence-corrected chi connectivity index (χ2v) is 6.62.